The Morgan fingerprint density at radius 2 is 2.11 bits per heavy atom. The number of rotatable bonds is 5. The molecule has 4 nitrogen and oxygen atoms in total. The Bertz CT molecular complexity index is 458. The largest absolute Gasteiger partial charge is 0.380 e. The van der Waals surface area contributed by atoms with Gasteiger partial charge in [0.05, 0.1) is 5.56 Å². The molecule has 0 saturated heterocycles. The molecule has 0 bridgehead atoms. The van der Waals surface area contributed by atoms with Gasteiger partial charge < -0.3 is 16.8 Å². The van der Waals surface area contributed by atoms with E-state index in [-0.39, 0.29) is 6.04 Å². The Labute approximate surface area is 118 Å². The summed E-state index contributed by atoms with van der Waals surface area (Å²) in [7, 11) is 0. The number of carbonyl (C=O) groups excluding carboxylic acids is 1. The topological polar surface area (TPSA) is 81.1 Å². The number of anilines is 1. The maximum atomic E-state index is 11.5. The zero-order chi connectivity index (χ0) is 13.8. The van der Waals surface area contributed by atoms with Crippen LogP contribution in [0.4, 0.5) is 5.69 Å². The quantitative estimate of drug-likeness (QED) is 0.775. The maximum Gasteiger partial charge on any atom is 0.250 e. The average molecular weight is 282 g/mol. The van der Waals surface area contributed by atoms with Crippen LogP contribution in [0.1, 0.15) is 36.0 Å². The fraction of sp³-hybridized carbons (Fsp3) is 0.500. The minimum Gasteiger partial charge on any atom is -0.380 e. The van der Waals surface area contributed by atoms with Gasteiger partial charge in [-0.3, -0.25) is 4.79 Å². The van der Waals surface area contributed by atoms with Crippen molar-refractivity contribution in [2.45, 2.75) is 31.7 Å². The van der Waals surface area contributed by atoms with Crippen LogP contribution < -0.4 is 16.8 Å². The van der Waals surface area contributed by atoms with E-state index in [9.17, 15) is 4.79 Å². The first-order chi connectivity index (χ1) is 9.11. The van der Waals surface area contributed by atoms with Crippen LogP contribution in [0.25, 0.3) is 0 Å². The summed E-state index contributed by atoms with van der Waals surface area (Å²) >= 11 is 5.90. The number of hydrogen-bond acceptors (Lipinski definition) is 3. The molecule has 1 unspecified atom stereocenters. The molecule has 5 heteroatoms. The van der Waals surface area contributed by atoms with Gasteiger partial charge in [0.2, 0.25) is 0 Å². The van der Waals surface area contributed by atoms with Crippen LogP contribution >= 0.6 is 11.6 Å². The second-order valence-electron chi connectivity index (χ2n) is 5.09. The lowest BCUT2D eigenvalue weighted by Crippen LogP contribution is -2.35. The summed E-state index contributed by atoms with van der Waals surface area (Å²) in [5.41, 5.74) is 12.4. The zero-order valence-electron chi connectivity index (χ0n) is 10.9. The van der Waals surface area contributed by atoms with E-state index >= 15 is 0 Å². The molecule has 0 spiro atoms. The zero-order valence-corrected chi connectivity index (χ0v) is 11.6. The molecule has 1 aliphatic carbocycles. The van der Waals surface area contributed by atoms with Crippen molar-refractivity contribution in [1.29, 1.82) is 0 Å². The smallest absolute Gasteiger partial charge is 0.250 e. The van der Waals surface area contributed by atoms with Crippen molar-refractivity contribution in [2.75, 3.05) is 11.9 Å². The third-order valence-corrected chi connectivity index (χ3v) is 4.05. The predicted octanol–water partition coefficient (Wildman–Crippen LogP) is 2.37. The van der Waals surface area contributed by atoms with E-state index < -0.39 is 5.91 Å². The van der Waals surface area contributed by atoms with Gasteiger partial charge in [0.25, 0.3) is 5.91 Å². The highest BCUT2D eigenvalue weighted by atomic mass is 35.5. The van der Waals surface area contributed by atoms with Crippen molar-refractivity contribution in [3.8, 4) is 0 Å². The second kappa shape index (κ2) is 6.26. The van der Waals surface area contributed by atoms with E-state index in [1.165, 1.54) is 25.7 Å². The van der Waals surface area contributed by atoms with Crippen LogP contribution in [-0.2, 0) is 0 Å². The number of benzene rings is 1. The molecule has 104 valence electrons. The Hall–Kier alpha value is -1.26. The molecular weight excluding hydrogens is 262 g/mol. The van der Waals surface area contributed by atoms with Crippen LogP contribution in [0.5, 0.6) is 0 Å². The standard InChI is InChI=1S/C14H20ClN3O/c15-10-5-6-12(11(7-10)14(17)19)18-13(8-16)9-3-1-2-4-9/h5-7,9,13,18H,1-4,8,16H2,(H2,17,19). The Morgan fingerprint density at radius 3 is 2.68 bits per heavy atom. The van der Waals surface area contributed by atoms with E-state index in [0.29, 0.717) is 23.0 Å². The van der Waals surface area contributed by atoms with Gasteiger partial charge in [0, 0.05) is 23.3 Å². The molecule has 1 aromatic rings. The second-order valence-corrected chi connectivity index (χ2v) is 5.52. The molecule has 1 aromatic carbocycles. The normalized spacial score (nSPS) is 17.4. The summed E-state index contributed by atoms with van der Waals surface area (Å²) in [5, 5.41) is 3.87. The molecule has 19 heavy (non-hydrogen) atoms. The third kappa shape index (κ3) is 3.39. The summed E-state index contributed by atoms with van der Waals surface area (Å²) in [4.78, 5) is 11.5. The molecule has 1 saturated carbocycles. The van der Waals surface area contributed by atoms with Gasteiger partial charge in [0.15, 0.2) is 0 Å². The number of carbonyl (C=O) groups is 1. The van der Waals surface area contributed by atoms with Gasteiger partial charge in [-0.1, -0.05) is 24.4 Å². The van der Waals surface area contributed by atoms with Gasteiger partial charge in [-0.25, -0.2) is 0 Å². The highest BCUT2D eigenvalue weighted by Crippen LogP contribution is 2.30. The van der Waals surface area contributed by atoms with E-state index in [1.807, 2.05) is 0 Å². The number of hydrogen-bond donors (Lipinski definition) is 3. The number of nitrogens with one attached hydrogen (secondary N) is 1. The summed E-state index contributed by atoms with van der Waals surface area (Å²) in [6.45, 7) is 0.547. The first-order valence-corrected chi connectivity index (χ1v) is 7.05. The van der Waals surface area contributed by atoms with Gasteiger partial charge in [0.1, 0.15) is 0 Å². The summed E-state index contributed by atoms with van der Waals surface area (Å²) in [6, 6.07) is 5.31. The summed E-state index contributed by atoms with van der Waals surface area (Å²) < 4.78 is 0. The van der Waals surface area contributed by atoms with Gasteiger partial charge in [-0.15, -0.1) is 0 Å². The van der Waals surface area contributed by atoms with Crippen molar-refractivity contribution in [1.82, 2.24) is 0 Å². The highest BCUT2D eigenvalue weighted by molar-refractivity contribution is 6.31. The minimum absolute atomic E-state index is 0.182. The number of amides is 1. The van der Waals surface area contributed by atoms with E-state index in [4.69, 9.17) is 23.1 Å². The third-order valence-electron chi connectivity index (χ3n) is 3.81. The lowest BCUT2D eigenvalue weighted by Gasteiger charge is -2.25. The van der Waals surface area contributed by atoms with Crippen LogP contribution in [0.15, 0.2) is 18.2 Å². The summed E-state index contributed by atoms with van der Waals surface area (Å²) in [5.74, 6) is 0.0913. The Morgan fingerprint density at radius 1 is 1.42 bits per heavy atom. The van der Waals surface area contributed by atoms with Crippen molar-refractivity contribution in [3.63, 3.8) is 0 Å². The van der Waals surface area contributed by atoms with Gasteiger partial charge >= 0.3 is 0 Å². The number of nitrogens with two attached hydrogens (primary N) is 2. The van der Waals surface area contributed by atoms with E-state index in [0.717, 1.165) is 5.69 Å². The molecule has 1 aliphatic rings. The molecule has 0 aromatic heterocycles. The van der Waals surface area contributed by atoms with Crippen LogP contribution in [-0.4, -0.2) is 18.5 Å². The number of halogens is 1. The first kappa shape index (κ1) is 14.2. The van der Waals surface area contributed by atoms with Crippen LogP contribution in [0.2, 0.25) is 5.02 Å². The monoisotopic (exact) mass is 281 g/mol. The average Bonchev–Trinajstić information content (AvgIpc) is 2.90. The van der Waals surface area contributed by atoms with Crippen molar-refractivity contribution >= 4 is 23.2 Å². The van der Waals surface area contributed by atoms with Crippen molar-refractivity contribution in [3.05, 3.63) is 28.8 Å². The van der Waals surface area contributed by atoms with Gasteiger partial charge in [-0.05, 0) is 37.0 Å². The van der Waals surface area contributed by atoms with Gasteiger partial charge in [-0.2, -0.15) is 0 Å². The van der Waals surface area contributed by atoms with Crippen molar-refractivity contribution in [2.24, 2.45) is 17.4 Å². The highest BCUT2D eigenvalue weighted by Gasteiger charge is 2.24. The molecule has 1 amide bonds. The molecule has 1 fully saturated rings. The molecule has 0 radical (unpaired) electrons. The molecule has 2 rings (SSSR count). The molecule has 0 heterocycles. The van der Waals surface area contributed by atoms with Crippen LogP contribution in [0.3, 0.4) is 0 Å². The molecule has 5 N–H and O–H groups in total. The van der Waals surface area contributed by atoms with E-state index in [2.05, 4.69) is 5.32 Å². The number of primary amides is 1. The maximum absolute atomic E-state index is 11.5. The lowest BCUT2D eigenvalue weighted by molar-refractivity contribution is 0.100. The fourth-order valence-electron chi connectivity index (χ4n) is 2.77. The first-order valence-electron chi connectivity index (χ1n) is 6.67. The van der Waals surface area contributed by atoms with Crippen LogP contribution in [0, 0.1) is 5.92 Å². The molecular formula is C14H20ClN3O. The SMILES string of the molecule is NCC(Nc1ccc(Cl)cc1C(N)=O)C1CCCC1. The lowest BCUT2D eigenvalue weighted by atomic mass is 9.97. The Balaban J connectivity index is 2.18. The Kier molecular flexibility index (Phi) is 4.66. The molecule has 1 atom stereocenters. The fourth-order valence-corrected chi connectivity index (χ4v) is 2.95. The summed E-state index contributed by atoms with van der Waals surface area (Å²) in [6.07, 6.45) is 4.89. The predicted molar refractivity (Wildman–Crippen MR) is 78.4 cm³/mol. The molecule has 0 aliphatic heterocycles. The van der Waals surface area contributed by atoms with E-state index in [1.54, 1.807) is 18.2 Å². The van der Waals surface area contributed by atoms with Crippen molar-refractivity contribution < 1.29 is 4.79 Å². The minimum atomic E-state index is -0.479.